The summed E-state index contributed by atoms with van der Waals surface area (Å²) >= 11 is 3.41. The molecule has 1 saturated heterocycles. The number of halogens is 1. The molecular formula is C24H25BrN2O4. The first-order chi connectivity index (χ1) is 14.8. The molecule has 0 aromatic heterocycles. The van der Waals surface area contributed by atoms with Gasteiger partial charge in [0.05, 0.1) is 11.6 Å². The van der Waals surface area contributed by atoms with Gasteiger partial charge in [0.15, 0.2) is 0 Å². The zero-order valence-electron chi connectivity index (χ0n) is 17.5. The molecular weight excluding hydrogens is 460 g/mol. The van der Waals surface area contributed by atoms with Gasteiger partial charge in [-0.25, -0.2) is 0 Å². The van der Waals surface area contributed by atoms with Crippen LogP contribution in [0.15, 0.2) is 71.2 Å². The minimum Gasteiger partial charge on any atom is -0.507 e. The summed E-state index contributed by atoms with van der Waals surface area (Å²) in [6, 6.07) is 13.5. The zero-order valence-corrected chi connectivity index (χ0v) is 19.1. The molecule has 1 fully saturated rings. The van der Waals surface area contributed by atoms with Gasteiger partial charge < -0.3 is 19.6 Å². The quantitative estimate of drug-likeness (QED) is 0.265. The summed E-state index contributed by atoms with van der Waals surface area (Å²) in [5, 5.41) is 11.1. The molecule has 0 aliphatic carbocycles. The van der Waals surface area contributed by atoms with Gasteiger partial charge in [-0.2, -0.15) is 0 Å². The molecule has 31 heavy (non-hydrogen) atoms. The van der Waals surface area contributed by atoms with E-state index in [9.17, 15) is 14.7 Å². The van der Waals surface area contributed by atoms with E-state index in [2.05, 4.69) is 22.5 Å². The fourth-order valence-electron chi connectivity index (χ4n) is 3.43. The molecule has 0 bridgehead atoms. The van der Waals surface area contributed by atoms with Crippen LogP contribution in [0.4, 0.5) is 0 Å². The summed E-state index contributed by atoms with van der Waals surface area (Å²) in [5.41, 5.74) is 1.29. The standard InChI is InChI=1S/C24H25BrN2O4/c1-4-15-31-19-11-7-17(8-12-19)22(28)20-21(16-5-9-18(25)10-6-16)27(14-13-26(2)3)24(30)23(20)29/h4-12,21,28H,1,13-15H2,2-3H3/t21-/m1/s1. The van der Waals surface area contributed by atoms with Gasteiger partial charge in [0.2, 0.25) is 0 Å². The number of Topliss-reactive ketones (excluding diaryl/α,β-unsaturated/α-hetero) is 1. The second kappa shape index (κ2) is 9.94. The van der Waals surface area contributed by atoms with E-state index in [1.165, 1.54) is 4.90 Å². The van der Waals surface area contributed by atoms with E-state index in [1.807, 2.05) is 43.3 Å². The fraction of sp³-hybridized carbons (Fsp3) is 0.250. The maximum Gasteiger partial charge on any atom is 0.295 e. The van der Waals surface area contributed by atoms with Crippen LogP contribution in [0.1, 0.15) is 17.2 Å². The molecule has 2 aromatic carbocycles. The van der Waals surface area contributed by atoms with Crippen LogP contribution in [-0.4, -0.2) is 60.4 Å². The Morgan fingerprint density at radius 1 is 1.16 bits per heavy atom. The van der Waals surface area contributed by atoms with E-state index in [0.29, 0.717) is 31.0 Å². The molecule has 1 atom stereocenters. The van der Waals surface area contributed by atoms with Crippen molar-refractivity contribution in [1.29, 1.82) is 0 Å². The molecule has 7 heteroatoms. The molecule has 2 aromatic rings. The number of hydrogen-bond donors (Lipinski definition) is 1. The highest BCUT2D eigenvalue weighted by Gasteiger charge is 2.45. The molecule has 6 nitrogen and oxygen atoms in total. The van der Waals surface area contributed by atoms with Crippen LogP contribution >= 0.6 is 15.9 Å². The van der Waals surface area contributed by atoms with Crippen molar-refractivity contribution in [2.45, 2.75) is 6.04 Å². The second-order valence-corrected chi connectivity index (χ2v) is 8.39. The van der Waals surface area contributed by atoms with Gasteiger partial charge in [0, 0.05) is 23.1 Å². The summed E-state index contributed by atoms with van der Waals surface area (Å²) in [7, 11) is 3.81. The van der Waals surface area contributed by atoms with Crippen LogP contribution in [-0.2, 0) is 9.59 Å². The minimum absolute atomic E-state index is 0.0887. The van der Waals surface area contributed by atoms with Gasteiger partial charge >= 0.3 is 0 Å². The number of ether oxygens (including phenoxy) is 1. The van der Waals surface area contributed by atoms with Crippen molar-refractivity contribution in [1.82, 2.24) is 9.80 Å². The maximum atomic E-state index is 13.0. The molecule has 0 unspecified atom stereocenters. The van der Waals surface area contributed by atoms with Crippen molar-refractivity contribution < 1.29 is 19.4 Å². The first kappa shape index (κ1) is 22.8. The van der Waals surface area contributed by atoms with Gasteiger partial charge in [-0.15, -0.1) is 0 Å². The summed E-state index contributed by atoms with van der Waals surface area (Å²) in [6.45, 7) is 4.94. The lowest BCUT2D eigenvalue weighted by Crippen LogP contribution is -2.35. The molecule has 0 spiro atoms. The molecule has 162 valence electrons. The number of ketones is 1. The zero-order chi connectivity index (χ0) is 22.5. The number of benzene rings is 2. The largest absolute Gasteiger partial charge is 0.507 e. The Bertz CT molecular complexity index is 997. The van der Waals surface area contributed by atoms with Crippen LogP contribution in [0.5, 0.6) is 5.75 Å². The Morgan fingerprint density at radius 2 is 1.81 bits per heavy atom. The number of aliphatic hydroxyl groups is 1. The second-order valence-electron chi connectivity index (χ2n) is 7.47. The highest BCUT2D eigenvalue weighted by molar-refractivity contribution is 9.10. The van der Waals surface area contributed by atoms with Crippen molar-refractivity contribution in [2.75, 3.05) is 33.8 Å². The van der Waals surface area contributed by atoms with Crippen molar-refractivity contribution in [3.05, 3.63) is 82.4 Å². The molecule has 1 amide bonds. The number of likely N-dealkylation sites (N-methyl/N-ethyl adjacent to an activating group) is 1. The number of aliphatic hydroxyl groups excluding tert-OH is 1. The first-order valence-electron chi connectivity index (χ1n) is 9.86. The monoisotopic (exact) mass is 484 g/mol. The number of nitrogens with zero attached hydrogens (tertiary/aromatic N) is 2. The van der Waals surface area contributed by atoms with E-state index in [-0.39, 0.29) is 11.3 Å². The van der Waals surface area contributed by atoms with Gasteiger partial charge in [-0.3, -0.25) is 9.59 Å². The van der Waals surface area contributed by atoms with Crippen molar-refractivity contribution in [2.24, 2.45) is 0 Å². The van der Waals surface area contributed by atoms with E-state index in [4.69, 9.17) is 4.74 Å². The third-order valence-electron chi connectivity index (χ3n) is 5.01. The number of rotatable bonds is 8. The Morgan fingerprint density at radius 3 is 2.39 bits per heavy atom. The van der Waals surface area contributed by atoms with Gasteiger partial charge in [0.25, 0.3) is 11.7 Å². The number of hydrogen-bond acceptors (Lipinski definition) is 5. The Balaban J connectivity index is 2.05. The maximum absolute atomic E-state index is 13.0. The van der Waals surface area contributed by atoms with Gasteiger partial charge in [-0.05, 0) is 56.1 Å². The summed E-state index contributed by atoms with van der Waals surface area (Å²) in [6.07, 6.45) is 1.64. The normalized spacial score (nSPS) is 17.9. The third-order valence-corrected chi connectivity index (χ3v) is 5.54. The predicted molar refractivity (Wildman–Crippen MR) is 124 cm³/mol. The Labute approximate surface area is 190 Å². The molecule has 0 radical (unpaired) electrons. The smallest absolute Gasteiger partial charge is 0.295 e. The summed E-state index contributed by atoms with van der Waals surface area (Å²) < 4.78 is 6.36. The highest BCUT2D eigenvalue weighted by Crippen LogP contribution is 2.39. The van der Waals surface area contributed by atoms with E-state index in [0.717, 1.165) is 10.0 Å². The van der Waals surface area contributed by atoms with Gasteiger partial charge in [0.1, 0.15) is 18.1 Å². The lowest BCUT2D eigenvalue weighted by Gasteiger charge is -2.26. The van der Waals surface area contributed by atoms with Crippen molar-refractivity contribution in [3.63, 3.8) is 0 Å². The highest BCUT2D eigenvalue weighted by atomic mass is 79.9. The predicted octanol–water partition coefficient (Wildman–Crippen LogP) is 4.00. The Hall–Kier alpha value is -2.90. The molecule has 1 heterocycles. The number of carbonyl (C=O) groups excluding carboxylic acids is 2. The third kappa shape index (κ3) is 5.06. The van der Waals surface area contributed by atoms with E-state index >= 15 is 0 Å². The molecule has 3 rings (SSSR count). The fourth-order valence-corrected chi connectivity index (χ4v) is 3.69. The summed E-state index contributed by atoms with van der Waals surface area (Å²) in [4.78, 5) is 29.3. The van der Waals surface area contributed by atoms with E-state index < -0.39 is 17.7 Å². The van der Waals surface area contributed by atoms with Crippen LogP contribution in [0.2, 0.25) is 0 Å². The lowest BCUT2D eigenvalue weighted by atomic mass is 9.95. The van der Waals surface area contributed by atoms with Crippen LogP contribution in [0, 0.1) is 0 Å². The first-order valence-corrected chi connectivity index (χ1v) is 10.7. The molecule has 1 N–H and O–H groups in total. The average molecular weight is 485 g/mol. The number of likely N-dealkylation sites (tertiary alicyclic amines) is 1. The van der Waals surface area contributed by atoms with Crippen molar-refractivity contribution in [3.8, 4) is 5.75 Å². The summed E-state index contributed by atoms with van der Waals surface area (Å²) in [5.74, 6) is -0.875. The topological polar surface area (TPSA) is 70.1 Å². The number of amides is 1. The Kier molecular flexibility index (Phi) is 7.30. The van der Waals surface area contributed by atoms with Crippen LogP contribution < -0.4 is 4.74 Å². The SMILES string of the molecule is C=CCOc1ccc(C(O)=C2C(=O)C(=O)N(CCN(C)C)[C@@H]2c2ccc(Br)cc2)cc1. The van der Waals surface area contributed by atoms with Crippen LogP contribution in [0.3, 0.4) is 0 Å². The molecule has 1 aliphatic heterocycles. The average Bonchev–Trinajstić information content (AvgIpc) is 3.01. The molecule has 1 aliphatic rings. The van der Waals surface area contributed by atoms with Crippen molar-refractivity contribution >= 4 is 33.4 Å². The number of carbonyl (C=O) groups is 2. The minimum atomic E-state index is -0.684. The van der Waals surface area contributed by atoms with Crippen LogP contribution in [0.25, 0.3) is 5.76 Å². The van der Waals surface area contributed by atoms with E-state index in [1.54, 1.807) is 30.3 Å². The molecule has 0 saturated carbocycles. The lowest BCUT2D eigenvalue weighted by molar-refractivity contribution is -0.140. The van der Waals surface area contributed by atoms with Gasteiger partial charge in [-0.1, -0.05) is 40.7 Å².